The lowest BCUT2D eigenvalue weighted by atomic mass is 10.1. The molecule has 0 bridgehead atoms. The van der Waals surface area contributed by atoms with E-state index in [0.29, 0.717) is 18.2 Å². The molecule has 0 amide bonds. The van der Waals surface area contributed by atoms with Crippen LogP contribution in [0.4, 0.5) is 17.6 Å². The minimum atomic E-state index is -4.67. The number of benzene rings is 1. The Hall–Kier alpha value is -1.40. The number of hydrogen-bond donors (Lipinski definition) is 0. The van der Waals surface area contributed by atoms with E-state index in [2.05, 4.69) is 9.97 Å². The predicted molar refractivity (Wildman–Crippen MR) is 62.4 cm³/mol. The summed E-state index contributed by atoms with van der Waals surface area (Å²) in [5.41, 5.74) is -1.58. The number of alkyl halides is 3. The molecule has 19 heavy (non-hydrogen) atoms. The van der Waals surface area contributed by atoms with Gasteiger partial charge in [0.2, 0.25) is 0 Å². The summed E-state index contributed by atoms with van der Waals surface area (Å²) >= 11 is 11.2. The molecule has 0 radical (unpaired) electrons. The van der Waals surface area contributed by atoms with Crippen LogP contribution in [0, 0.1) is 5.82 Å². The van der Waals surface area contributed by atoms with E-state index in [0.717, 1.165) is 0 Å². The highest BCUT2D eigenvalue weighted by atomic mass is 35.5. The second kappa shape index (κ2) is 4.94. The van der Waals surface area contributed by atoms with Gasteiger partial charge in [0.05, 0.1) is 5.56 Å². The lowest BCUT2D eigenvalue weighted by molar-refractivity contribution is -0.137. The first-order valence-electron chi connectivity index (χ1n) is 4.84. The van der Waals surface area contributed by atoms with Gasteiger partial charge in [0.1, 0.15) is 16.1 Å². The summed E-state index contributed by atoms with van der Waals surface area (Å²) in [6.45, 7) is 0. The standard InChI is InChI=1S/C11H4Cl2F4N2/c12-8-4-9(13)19-10(18-8)6-3-5(14)1-2-7(6)11(15,16)17/h1-4H. The highest BCUT2D eigenvalue weighted by Crippen LogP contribution is 2.36. The Labute approximate surface area is 115 Å². The fraction of sp³-hybridized carbons (Fsp3) is 0.0909. The minimum Gasteiger partial charge on any atom is -0.216 e. The molecule has 1 aromatic carbocycles. The van der Waals surface area contributed by atoms with Crippen molar-refractivity contribution in [1.29, 1.82) is 0 Å². The lowest BCUT2D eigenvalue weighted by Crippen LogP contribution is -2.08. The first-order chi connectivity index (χ1) is 8.77. The van der Waals surface area contributed by atoms with Gasteiger partial charge >= 0.3 is 6.18 Å². The van der Waals surface area contributed by atoms with Crippen LogP contribution in [0.25, 0.3) is 11.4 Å². The highest BCUT2D eigenvalue weighted by molar-refractivity contribution is 6.33. The average molecular weight is 311 g/mol. The van der Waals surface area contributed by atoms with Crippen molar-refractivity contribution in [2.45, 2.75) is 6.18 Å². The molecular formula is C11H4Cl2F4N2. The van der Waals surface area contributed by atoms with Gasteiger partial charge < -0.3 is 0 Å². The van der Waals surface area contributed by atoms with E-state index in [9.17, 15) is 17.6 Å². The largest absolute Gasteiger partial charge is 0.417 e. The molecule has 1 heterocycles. The highest BCUT2D eigenvalue weighted by Gasteiger charge is 2.34. The number of aromatic nitrogens is 2. The van der Waals surface area contributed by atoms with E-state index in [1.54, 1.807) is 0 Å². The average Bonchev–Trinajstić information content (AvgIpc) is 2.25. The smallest absolute Gasteiger partial charge is 0.216 e. The molecule has 2 rings (SSSR count). The van der Waals surface area contributed by atoms with Crippen LogP contribution < -0.4 is 0 Å². The molecule has 0 aliphatic heterocycles. The summed E-state index contributed by atoms with van der Waals surface area (Å²) in [5, 5.41) is -0.264. The molecule has 0 saturated carbocycles. The molecule has 0 fully saturated rings. The summed E-state index contributed by atoms with van der Waals surface area (Å²) in [6, 6.07) is 3.17. The van der Waals surface area contributed by atoms with Gasteiger partial charge in [-0.3, -0.25) is 0 Å². The van der Waals surface area contributed by atoms with Gasteiger partial charge in [-0.1, -0.05) is 23.2 Å². The van der Waals surface area contributed by atoms with Gasteiger partial charge in [0.25, 0.3) is 0 Å². The van der Waals surface area contributed by atoms with Gasteiger partial charge in [-0.25, -0.2) is 14.4 Å². The van der Waals surface area contributed by atoms with Crippen molar-refractivity contribution in [3.8, 4) is 11.4 Å². The van der Waals surface area contributed by atoms with Gasteiger partial charge in [0.15, 0.2) is 5.82 Å². The zero-order valence-corrected chi connectivity index (χ0v) is 10.5. The third-order valence-corrected chi connectivity index (χ3v) is 2.58. The molecule has 8 heteroatoms. The van der Waals surface area contributed by atoms with Crippen LogP contribution in [0.5, 0.6) is 0 Å². The number of nitrogens with zero attached hydrogens (tertiary/aromatic N) is 2. The normalized spacial score (nSPS) is 11.7. The molecule has 0 aliphatic rings. The Morgan fingerprint density at radius 2 is 1.53 bits per heavy atom. The zero-order chi connectivity index (χ0) is 14.2. The van der Waals surface area contributed by atoms with Crippen molar-refractivity contribution in [3.05, 3.63) is 46.0 Å². The maximum Gasteiger partial charge on any atom is 0.417 e. The molecule has 2 aromatic rings. The fourth-order valence-electron chi connectivity index (χ4n) is 1.46. The third-order valence-electron chi connectivity index (χ3n) is 2.19. The number of hydrogen-bond acceptors (Lipinski definition) is 2. The Balaban J connectivity index is 2.70. The first kappa shape index (κ1) is 14.0. The summed E-state index contributed by atoms with van der Waals surface area (Å²) in [6.07, 6.45) is -4.67. The van der Waals surface area contributed by atoms with Crippen molar-refractivity contribution in [2.24, 2.45) is 0 Å². The summed E-state index contributed by atoms with van der Waals surface area (Å²) in [7, 11) is 0. The Morgan fingerprint density at radius 1 is 0.947 bits per heavy atom. The van der Waals surface area contributed by atoms with E-state index in [4.69, 9.17) is 23.2 Å². The van der Waals surface area contributed by atoms with Crippen LogP contribution >= 0.6 is 23.2 Å². The Bertz CT molecular complexity index is 608. The number of halogens is 6. The molecule has 1 aromatic heterocycles. The molecule has 100 valence electrons. The SMILES string of the molecule is Fc1ccc(C(F)(F)F)c(-c2nc(Cl)cc(Cl)n2)c1. The fourth-order valence-corrected chi connectivity index (χ4v) is 1.88. The van der Waals surface area contributed by atoms with Crippen LogP contribution in [0.2, 0.25) is 10.3 Å². The first-order valence-corrected chi connectivity index (χ1v) is 5.60. The molecule has 0 N–H and O–H groups in total. The van der Waals surface area contributed by atoms with E-state index >= 15 is 0 Å². The van der Waals surface area contributed by atoms with E-state index < -0.39 is 23.1 Å². The molecule has 0 aliphatic carbocycles. The molecule has 0 spiro atoms. The quantitative estimate of drug-likeness (QED) is 0.568. The van der Waals surface area contributed by atoms with Gasteiger partial charge in [-0.2, -0.15) is 13.2 Å². The van der Waals surface area contributed by atoms with Crippen molar-refractivity contribution in [3.63, 3.8) is 0 Å². The van der Waals surface area contributed by atoms with E-state index in [-0.39, 0.29) is 16.1 Å². The van der Waals surface area contributed by atoms with Crippen LogP contribution in [0.15, 0.2) is 24.3 Å². The molecular weight excluding hydrogens is 307 g/mol. The van der Waals surface area contributed by atoms with Crippen molar-refractivity contribution >= 4 is 23.2 Å². The number of rotatable bonds is 1. The van der Waals surface area contributed by atoms with Gasteiger partial charge in [0, 0.05) is 11.6 Å². The van der Waals surface area contributed by atoms with Gasteiger partial charge in [-0.15, -0.1) is 0 Å². The predicted octanol–water partition coefficient (Wildman–Crippen LogP) is 4.61. The molecule has 2 nitrogen and oxygen atoms in total. The van der Waals surface area contributed by atoms with Crippen LogP contribution in [0.1, 0.15) is 5.56 Å². The second-order valence-corrected chi connectivity index (χ2v) is 4.30. The van der Waals surface area contributed by atoms with Crippen molar-refractivity contribution in [1.82, 2.24) is 9.97 Å². The lowest BCUT2D eigenvalue weighted by Gasteiger charge is -2.12. The molecule has 0 unspecified atom stereocenters. The maximum atomic E-state index is 13.1. The van der Waals surface area contributed by atoms with E-state index in [1.165, 1.54) is 6.07 Å². The Kier molecular flexibility index (Phi) is 3.64. The van der Waals surface area contributed by atoms with Gasteiger partial charge in [-0.05, 0) is 18.2 Å². The van der Waals surface area contributed by atoms with E-state index in [1.807, 2.05) is 0 Å². The minimum absolute atomic E-state index is 0.132. The van der Waals surface area contributed by atoms with Crippen molar-refractivity contribution in [2.75, 3.05) is 0 Å². The van der Waals surface area contributed by atoms with Crippen molar-refractivity contribution < 1.29 is 17.6 Å². The maximum absolute atomic E-state index is 13.1. The molecule has 0 atom stereocenters. The second-order valence-electron chi connectivity index (χ2n) is 3.52. The monoisotopic (exact) mass is 310 g/mol. The summed E-state index contributed by atoms with van der Waals surface area (Å²) < 4.78 is 51.6. The summed E-state index contributed by atoms with van der Waals surface area (Å²) in [5.74, 6) is -1.23. The Morgan fingerprint density at radius 3 is 2.05 bits per heavy atom. The summed E-state index contributed by atoms with van der Waals surface area (Å²) in [4.78, 5) is 7.25. The van der Waals surface area contributed by atoms with Crippen LogP contribution in [0.3, 0.4) is 0 Å². The van der Waals surface area contributed by atoms with Crippen LogP contribution in [-0.4, -0.2) is 9.97 Å². The topological polar surface area (TPSA) is 25.8 Å². The third kappa shape index (κ3) is 3.13. The zero-order valence-electron chi connectivity index (χ0n) is 8.97. The van der Waals surface area contributed by atoms with Crippen LogP contribution in [-0.2, 0) is 6.18 Å². The molecule has 0 saturated heterocycles.